The van der Waals surface area contributed by atoms with E-state index in [1.807, 2.05) is 20.8 Å². The highest BCUT2D eigenvalue weighted by Gasteiger charge is 2.31. The number of fused-ring (bicyclic) bond motifs is 1. The second-order valence-corrected chi connectivity index (χ2v) is 11.4. The van der Waals surface area contributed by atoms with E-state index >= 15 is 0 Å². The average Bonchev–Trinajstić information content (AvgIpc) is 3.24. The predicted molar refractivity (Wildman–Crippen MR) is 143 cm³/mol. The molecule has 1 aromatic carbocycles. The zero-order valence-corrected chi connectivity index (χ0v) is 23.0. The van der Waals surface area contributed by atoms with Crippen LogP contribution in [0.2, 0.25) is 0 Å². The molecule has 37 heavy (non-hydrogen) atoms. The largest absolute Gasteiger partial charge is 0.369 e. The lowest BCUT2D eigenvalue weighted by atomic mass is 10.1. The number of thiazole rings is 1. The van der Waals surface area contributed by atoms with Gasteiger partial charge in [0, 0.05) is 74.3 Å². The first kappa shape index (κ1) is 27.3. The molecule has 1 fully saturated rings. The van der Waals surface area contributed by atoms with E-state index in [0.29, 0.717) is 36.0 Å². The number of nitrogens with zero attached hydrogens (tertiary/aromatic N) is 5. The molecule has 2 aliphatic heterocycles. The number of nitrogens with one attached hydrogen (secondary N) is 1. The van der Waals surface area contributed by atoms with Gasteiger partial charge in [-0.05, 0) is 32.2 Å². The quantitative estimate of drug-likeness (QED) is 0.530. The Morgan fingerprint density at radius 1 is 1.30 bits per heavy atom. The van der Waals surface area contributed by atoms with E-state index in [-0.39, 0.29) is 30.3 Å². The van der Waals surface area contributed by atoms with Gasteiger partial charge in [-0.15, -0.1) is 11.3 Å². The molecule has 4 rings (SSSR count). The van der Waals surface area contributed by atoms with E-state index < -0.39 is 12.0 Å². The van der Waals surface area contributed by atoms with Crippen molar-refractivity contribution in [2.24, 2.45) is 5.92 Å². The van der Waals surface area contributed by atoms with Crippen LogP contribution in [-0.2, 0) is 22.6 Å². The summed E-state index contributed by atoms with van der Waals surface area (Å²) >= 11 is 1.52. The average molecular weight is 533 g/mol. The molecule has 1 unspecified atom stereocenters. The number of aliphatic hydroxyl groups excluding tert-OH is 1. The maximum Gasteiger partial charge on any atom is 0.242 e. The summed E-state index contributed by atoms with van der Waals surface area (Å²) in [4.78, 5) is 38.5. The van der Waals surface area contributed by atoms with Crippen LogP contribution in [0.25, 0.3) is 0 Å². The van der Waals surface area contributed by atoms with Gasteiger partial charge in [-0.2, -0.15) is 0 Å². The zero-order chi connectivity index (χ0) is 26.9. The molecule has 2 aromatic rings. The van der Waals surface area contributed by atoms with Gasteiger partial charge in [0.05, 0.1) is 12.2 Å². The third kappa shape index (κ3) is 6.22. The molecule has 202 valence electrons. The summed E-state index contributed by atoms with van der Waals surface area (Å²) in [6.07, 6.45) is -0.269. The van der Waals surface area contributed by atoms with Crippen molar-refractivity contribution in [2.45, 2.75) is 46.0 Å². The number of likely N-dealkylation sites (N-methyl/N-ethyl adjacent to an activating group) is 2. The normalized spacial score (nSPS) is 19.1. The van der Waals surface area contributed by atoms with Crippen LogP contribution in [0, 0.1) is 11.7 Å². The number of rotatable bonds is 7. The second-order valence-electron chi connectivity index (χ2n) is 10.4. The molecule has 0 saturated carbocycles. The van der Waals surface area contributed by atoms with Crippen molar-refractivity contribution >= 4 is 34.0 Å². The molecule has 1 aromatic heterocycles. The number of aromatic nitrogens is 1. The Morgan fingerprint density at radius 2 is 2.05 bits per heavy atom. The van der Waals surface area contributed by atoms with Crippen LogP contribution >= 0.6 is 11.3 Å². The Bertz CT molecular complexity index is 1140. The monoisotopic (exact) mass is 532 g/mol. The lowest BCUT2D eigenvalue weighted by Gasteiger charge is -2.42. The van der Waals surface area contributed by atoms with Gasteiger partial charge in [0.2, 0.25) is 11.8 Å². The summed E-state index contributed by atoms with van der Waals surface area (Å²) in [5.41, 5.74) is 2.20. The molecule has 2 amide bonds. The van der Waals surface area contributed by atoms with Crippen molar-refractivity contribution < 1.29 is 19.1 Å². The summed E-state index contributed by atoms with van der Waals surface area (Å²) in [5, 5.41) is 14.8. The Kier molecular flexibility index (Phi) is 8.35. The number of carbonyl (C=O) groups excluding carboxylic acids is 2. The Balaban J connectivity index is 1.44. The second kappa shape index (κ2) is 11.3. The van der Waals surface area contributed by atoms with Crippen molar-refractivity contribution in [2.75, 3.05) is 57.0 Å². The number of halogens is 1. The first-order valence-electron chi connectivity index (χ1n) is 12.7. The van der Waals surface area contributed by atoms with Crippen LogP contribution < -0.4 is 10.2 Å². The minimum atomic E-state index is -1.14. The summed E-state index contributed by atoms with van der Waals surface area (Å²) in [5.74, 6) is -0.757. The van der Waals surface area contributed by atoms with Crippen molar-refractivity contribution in [3.05, 3.63) is 40.2 Å². The number of hydrogen-bond acceptors (Lipinski definition) is 8. The van der Waals surface area contributed by atoms with Gasteiger partial charge in [-0.3, -0.25) is 9.59 Å². The van der Waals surface area contributed by atoms with Crippen LogP contribution in [0.3, 0.4) is 0 Å². The maximum absolute atomic E-state index is 14.3. The first-order valence-corrected chi connectivity index (χ1v) is 13.6. The van der Waals surface area contributed by atoms with Crippen LogP contribution in [0.4, 0.5) is 15.2 Å². The Labute approximate surface area is 221 Å². The van der Waals surface area contributed by atoms with E-state index in [2.05, 4.69) is 27.1 Å². The number of hydrogen-bond donors (Lipinski definition) is 2. The van der Waals surface area contributed by atoms with Gasteiger partial charge >= 0.3 is 0 Å². The third-order valence-electron chi connectivity index (χ3n) is 7.00. The number of piperazine rings is 1. The van der Waals surface area contributed by atoms with Gasteiger partial charge in [0.15, 0.2) is 11.4 Å². The summed E-state index contributed by atoms with van der Waals surface area (Å²) < 4.78 is 14.3. The third-order valence-corrected chi connectivity index (χ3v) is 8.01. The molecule has 2 aliphatic rings. The van der Waals surface area contributed by atoms with Crippen LogP contribution in [0.1, 0.15) is 43.1 Å². The van der Waals surface area contributed by atoms with E-state index in [1.165, 1.54) is 33.2 Å². The number of benzene rings is 1. The summed E-state index contributed by atoms with van der Waals surface area (Å²) in [6, 6.07) is 4.30. The standard InChI is InChI=1S/C26H37FN6O3S/c1-16(2)25(36)31(5)15-23(34)33-11-10-32(13-17(33)3)21-7-6-18(27)12-19(21)24(35)29-26-28-20-8-9-30(4)14-22(20)37-26/h6-7,12,16-17,24,35H,8-11,13-15H2,1-5H3,(H,28,29)/t17-,24?/m0/s1. The summed E-state index contributed by atoms with van der Waals surface area (Å²) in [7, 11) is 3.72. The fraction of sp³-hybridized carbons (Fsp3) is 0.577. The van der Waals surface area contributed by atoms with E-state index in [9.17, 15) is 19.1 Å². The van der Waals surface area contributed by atoms with Crippen LogP contribution in [0.15, 0.2) is 18.2 Å². The van der Waals surface area contributed by atoms with Gasteiger partial charge < -0.3 is 30.0 Å². The highest BCUT2D eigenvalue weighted by atomic mass is 32.1. The van der Waals surface area contributed by atoms with Crippen LogP contribution in [-0.4, -0.2) is 89.5 Å². The lowest BCUT2D eigenvalue weighted by molar-refractivity contribution is -0.142. The van der Waals surface area contributed by atoms with Crippen molar-refractivity contribution in [1.29, 1.82) is 0 Å². The molecule has 0 spiro atoms. The van der Waals surface area contributed by atoms with Gasteiger partial charge in [0.1, 0.15) is 5.82 Å². The molecule has 0 radical (unpaired) electrons. The van der Waals surface area contributed by atoms with E-state index in [0.717, 1.165) is 25.2 Å². The molecule has 11 heteroatoms. The molecular weight excluding hydrogens is 495 g/mol. The molecule has 0 aliphatic carbocycles. The Morgan fingerprint density at radius 3 is 2.76 bits per heavy atom. The van der Waals surface area contributed by atoms with Crippen molar-refractivity contribution in [3.8, 4) is 0 Å². The topological polar surface area (TPSA) is 92.2 Å². The number of amides is 2. The van der Waals surface area contributed by atoms with E-state index in [4.69, 9.17) is 0 Å². The fourth-order valence-electron chi connectivity index (χ4n) is 4.97. The molecule has 0 bridgehead atoms. The summed E-state index contributed by atoms with van der Waals surface area (Å²) in [6.45, 7) is 8.94. The highest BCUT2D eigenvalue weighted by Crippen LogP contribution is 2.33. The molecular formula is C26H37FN6O3S. The molecule has 1 saturated heterocycles. The number of anilines is 2. The first-order chi connectivity index (χ1) is 17.5. The predicted octanol–water partition coefficient (Wildman–Crippen LogP) is 2.52. The fourth-order valence-corrected chi connectivity index (χ4v) is 6.08. The minimum absolute atomic E-state index is 0.0410. The Hall–Kier alpha value is -2.76. The molecule has 9 nitrogen and oxygen atoms in total. The lowest BCUT2D eigenvalue weighted by Crippen LogP contribution is -2.56. The molecule has 2 atom stereocenters. The van der Waals surface area contributed by atoms with Gasteiger partial charge in [-0.25, -0.2) is 9.37 Å². The van der Waals surface area contributed by atoms with Crippen molar-refractivity contribution in [3.63, 3.8) is 0 Å². The highest BCUT2D eigenvalue weighted by molar-refractivity contribution is 7.15. The number of aliphatic hydroxyl groups is 1. The zero-order valence-electron chi connectivity index (χ0n) is 22.2. The molecule has 2 N–H and O–H groups in total. The molecule has 3 heterocycles. The smallest absolute Gasteiger partial charge is 0.242 e. The van der Waals surface area contributed by atoms with Crippen molar-refractivity contribution in [1.82, 2.24) is 19.7 Å². The minimum Gasteiger partial charge on any atom is -0.369 e. The van der Waals surface area contributed by atoms with E-state index in [1.54, 1.807) is 18.0 Å². The van der Waals surface area contributed by atoms with Crippen LogP contribution in [0.5, 0.6) is 0 Å². The van der Waals surface area contributed by atoms with Gasteiger partial charge in [0.25, 0.3) is 0 Å². The SMILES string of the molecule is CC(C)C(=O)N(C)CC(=O)N1CCN(c2ccc(F)cc2C(O)Nc2nc3c(s2)CN(C)CC3)C[C@@H]1C. The maximum atomic E-state index is 14.3. The van der Waals surface area contributed by atoms with Gasteiger partial charge in [-0.1, -0.05) is 13.8 Å². The number of carbonyl (C=O) groups is 2.